The van der Waals surface area contributed by atoms with Gasteiger partial charge in [0.05, 0.1) is 23.8 Å². The van der Waals surface area contributed by atoms with E-state index in [1.54, 1.807) is 16.9 Å². The van der Waals surface area contributed by atoms with Crippen LogP contribution >= 0.6 is 0 Å². The van der Waals surface area contributed by atoms with Gasteiger partial charge < -0.3 is 25.4 Å². The SMILES string of the molecule is CN1CCN(c2cccc(Nc3ncc4c(-c5ccn6ncc(C(=O)NCC(C)(C)F)c6c5)c[nH]c4n3)c2)CC1. The summed E-state index contributed by atoms with van der Waals surface area (Å²) >= 11 is 0. The van der Waals surface area contributed by atoms with Gasteiger partial charge >= 0.3 is 0 Å². The van der Waals surface area contributed by atoms with Gasteiger partial charge in [0, 0.05) is 67.1 Å². The molecule has 6 rings (SSSR count). The second kappa shape index (κ2) is 10.2. The van der Waals surface area contributed by atoms with E-state index in [0.717, 1.165) is 48.4 Å². The van der Waals surface area contributed by atoms with Crippen LogP contribution in [0, 0.1) is 0 Å². The number of hydrogen-bond donors (Lipinski definition) is 3. The summed E-state index contributed by atoms with van der Waals surface area (Å²) in [6.07, 6.45) is 6.96. The van der Waals surface area contributed by atoms with Crippen LogP contribution in [0.2, 0.25) is 0 Å². The minimum Gasteiger partial charge on any atom is -0.369 e. The molecule has 3 N–H and O–H groups in total. The first-order chi connectivity index (χ1) is 19.2. The van der Waals surface area contributed by atoms with Crippen LogP contribution in [0.5, 0.6) is 0 Å². The van der Waals surface area contributed by atoms with E-state index in [0.29, 0.717) is 22.7 Å². The molecule has 206 valence electrons. The number of carbonyl (C=O) groups excluding carboxylic acids is 1. The Morgan fingerprint density at radius 3 is 2.75 bits per heavy atom. The molecule has 0 atom stereocenters. The van der Waals surface area contributed by atoms with Crippen molar-refractivity contribution in [1.82, 2.24) is 34.8 Å². The molecule has 10 nitrogen and oxygen atoms in total. The summed E-state index contributed by atoms with van der Waals surface area (Å²) in [6, 6.07) is 12.1. The van der Waals surface area contributed by atoms with Crippen molar-refractivity contribution in [1.29, 1.82) is 0 Å². The Kier molecular flexibility index (Phi) is 6.59. The van der Waals surface area contributed by atoms with Crippen molar-refractivity contribution in [3.63, 3.8) is 0 Å². The fraction of sp³-hybridized carbons (Fsp3) is 0.310. The molecule has 1 aliphatic rings. The zero-order valence-corrected chi connectivity index (χ0v) is 22.8. The third-order valence-electron chi connectivity index (χ3n) is 7.15. The molecule has 40 heavy (non-hydrogen) atoms. The van der Waals surface area contributed by atoms with E-state index in [4.69, 9.17) is 4.98 Å². The summed E-state index contributed by atoms with van der Waals surface area (Å²) in [5.41, 5.74) is 4.08. The fourth-order valence-corrected chi connectivity index (χ4v) is 4.89. The molecule has 0 radical (unpaired) electrons. The minimum absolute atomic E-state index is 0.0842. The maximum Gasteiger partial charge on any atom is 0.255 e. The number of fused-ring (bicyclic) bond motifs is 2. The first kappa shape index (κ1) is 25.8. The molecule has 0 aliphatic carbocycles. The summed E-state index contributed by atoms with van der Waals surface area (Å²) in [6.45, 7) is 6.86. The standard InChI is InChI=1S/C29H32FN9O/c1-29(2,30)18-33-27(40)24-17-34-39-8-7-19(13-25(24)39)22-15-31-26-23(22)16-32-28(36-26)35-20-5-4-6-21(14-20)38-11-9-37(3)10-12-38/h4-8,13-17H,9-12,18H2,1-3H3,(H,33,40)(H2,31,32,35,36). The number of pyridine rings is 1. The summed E-state index contributed by atoms with van der Waals surface area (Å²) in [5.74, 6) is 0.130. The molecule has 5 heterocycles. The normalized spacial score (nSPS) is 14.7. The lowest BCUT2D eigenvalue weighted by Crippen LogP contribution is -2.44. The molecule has 11 heteroatoms. The smallest absolute Gasteiger partial charge is 0.255 e. The first-order valence-electron chi connectivity index (χ1n) is 13.3. The molecule has 1 aromatic carbocycles. The summed E-state index contributed by atoms with van der Waals surface area (Å²) < 4.78 is 15.5. The number of rotatable bonds is 7. The predicted molar refractivity (Wildman–Crippen MR) is 155 cm³/mol. The molecule has 1 saturated heterocycles. The lowest BCUT2D eigenvalue weighted by Gasteiger charge is -2.34. The van der Waals surface area contributed by atoms with E-state index >= 15 is 0 Å². The van der Waals surface area contributed by atoms with Crippen LogP contribution in [-0.2, 0) is 0 Å². The third-order valence-corrected chi connectivity index (χ3v) is 7.15. The van der Waals surface area contributed by atoms with Crippen LogP contribution in [0.4, 0.5) is 21.7 Å². The van der Waals surface area contributed by atoms with Crippen molar-refractivity contribution < 1.29 is 9.18 Å². The zero-order valence-electron chi connectivity index (χ0n) is 22.8. The number of likely N-dealkylation sites (N-methyl/N-ethyl adjacent to an activating group) is 1. The Labute approximate surface area is 231 Å². The number of nitrogens with zero attached hydrogens (tertiary/aromatic N) is 6. The second-order valence-corrected chi connectivity index (χ2v) is 10.8. The maximum absolute atomic E-state index is 13.9. The Morgan fingerprint density at radius 2 is 1.95 bits per heavy atom. The summed E-state index contributed by atoms with van der Waals surface area (Å²) in [4.78, 5) is 30.0. The number of halogens is 1. The van der Waals surface area contributed by atoms with Gasteiger partial charge in [-0.15, -0.1) is 0 Å². The fourth-order valence-electron chi connectivity index (χ4n) is 4.89. The van der Waals surface area contributed by atoms with Gasteiger partial charge in [-0.25, -0.2) is 13.9 Å². The average molecular weight is 542 g/mol. The van der Waals surface area contributed by atoms with Gasteiger partial charge in [-0.1, -0.05) is 6.07 Å². The molecule has 4 aromatic heterocycles. The van der Waals surface area contributed by atoms with Crippen LogP contribution in [0.1, 0.15) is 24.2 Å². The largest absolute Gasteiger partial charge is 0.369 e. The highest BCUT2D eigenvalue weighted by molar-refractivity contribution is 6.02. The monoisotopic (exact) mass is 541 g/mol. The molecule has 1 aliphatic heterocycles. The summed E-state index contributed by atoms with van der Waals surface area (Å²) in [7, 11) is 2.15. The number of anilines is 3. The van der Waals surface area contributed by atoms with Gasteiger partial charge in [-0.2, -0.15) is 10.1 Å². The van der Waals surface area contributed by atoms with Gasteiger partial charge in [0.1, 0.15) is 11.3 Å². The first-order valence-corrected chi connectivity index (χ1v) is 13.3. The van der Waals surface area contributed by atoms with Crippen molar-refractivity contribution in [2.24, 2.45) is 0 Å². The molecule has 0 saturated carbocycles. The van der Waals surface area contributed by atoms with E-state index in [-0.39, 0.29) is 12.5 Å². The topological polar surface area (TPSA) is 106 Å². The molecule has 0 unspecified atom stereocenters. The van der Waals surface area contributed by atoms with Crippen molar-refractivity contribution in [2.45, 2.75) is 19.5 Å². The molecule has 5 aromatic rings. The number of alkyl halides is 1. The molecular weight excluding hydrogens is 509 g/mol. The van der Waals surface area contributed by atoms with E-state index < -0.39 is 5.67 Å². The van der Waals surface area contributed by atoms with E-state index in [1.165, 1.54) is 25.7 Å². The maximum atomic E-state index is 13.9. The highest BCUT2D eigenvalue weighted by Crippen LogP contribution is 2.30. The Bertz CT molecular complexity index is 1680. The molecule has 1 amide bonds. The lowest BCUT2D eigenvalue weighted by atomic mass is 10.1. The van der Waals surface area contributed by atoms with E-state index in [2.05, 4.69) is 54.7 Å². The molecule has 0 spiro atoms. The predicted octanol–water partition coefficient (Wildman–Crippen LogP) is 4.25. The van der Waals surface area contributed by atoms with Crippen LogP contribution in [0.25, 0.3) is 27.7 Å². The highest BCUT2D eigenvalue weighted by Gasteiger charge is 2.20. The van der Waals surface area contributed by atoms with Crippen molar-refractivity contribution in [3.05, 3.63) is 66.7 Å². The minimum atomic E-state index is -1.51. The van der Waals surface area contributed by atoms with Gasteiger partial charge in [0.15, 0.2) is 0 Å². The van der Waals surface area contributed by atoms with Gasteiger partial charge in [-0.05, 0) is 56.8 Å². The zero-order chi connectivity index (χ0) is 27.9. The number of aromatic nitrogens is 5. The quantitative estimate of drug-likeness (QED) is 0.283. The number of benzene rings is 1. The van der Waals surface area contributed by atoms with Crippen LogP contribution in [-0.4, -0.2) is 80.8 Å². The number of aromatic amines is 1. The molecule has 0 bridgehead atoms. The number of nitrogens with one attached hydrogen (secondary N) is 3. The van der Waals surface area contributed by atoms with Crippen molar-refractivity contribution in [3.8, 4) is 11.1 Å². The van der Waals surface area contributed by atoms with Crippen LogP contribution < -0.4 is 15.5 Å². The summed E-state index contributed by atoms with van der Waals surface area (Å²) in [5, 5.41) is 11.1. The van der Waals surface area contributed by atoms with Crippen LogP contribution in [0.15, 0.2) is 61.2 Å². The Balaban J connectivity index is 1.23. The van der Waals surface area contributed by atoms with Gasteiger partial charge in [-0.3, -0.25) is 4.79 Å². The van der Waals surface area contributed by atoms with Crippen LogP contribution in [0.3, 0.4) is 0 Å². The molecular formula is C29H32FN9O. The third kappa shape index (κ3) is 5.32. The Morgan fingerprint density at radius 1 is 1.12 bits per heavy atom. The highest BCUT2D eigenvalue weighted by atomic mass is 19.1. The number of piperazine rings is 1. The van der Waals surface area contributed by atoms with Gasteiger partial charge in [0.2, 0.25) is 5.95 Å². The number of carbonyl (C=O) groups is 1. The number of hydrogen-bond acceptors (Lipinski definition) is 7. The van der Waals surface area contributed by atoms with Crippen molar-refractivity contribution >= 4 is 39.8 Å². The Hall–Kier alpha value is -4.51. The average Bonchev–Trinajstić information content (AvgIpc) is 3.55. The number of amides is 1. The lowest BCUT2D eigenvalue weighted by molar-refractivity contribution is 0.0922. The van der Waals surface area contributed by atoms with E-state index in [9.17, 15) is 9.18 Å². The number of H-pyrrole nitrogens is 1. The van der Waals surface area contributed by atoms with E-state index in [1.807, 2.05) is 30.5 Å². The van der Waals surface area contributed by atoms with Gasteiger partial charge in [0.25, 0.3) is 5.91 Å². The van der Waals surface area contributed by atoms with Crippen molar-refractivity contribution in [2.75, 3.05) is 50.0 Å². The second-order valence-electron chi connectivity index (χ2n) is 10.8. The molecule has 1 fully saturated rings.